The van der Waals surface area contributed by atoms with Crippen LogP contribution in [0.4, 0.5) is 0 Å². The molecule has 17 heavy (non-hydrogen) atoms. The summed E-state index contributed by atoms with van der Waals surface area (Å²) in [4.78, 5) is 18.2. The van der Waals surface area contributed by atoms with E-state index in [2.05, 4.69) is 10.3 Å². The van der Waals surface area contributed by atoms with Crippen LogP contribution in [-0.2, 0) is 0 Å². The van der Waals surface area contributed by atoms with Crippen molar-refractivity contribution in [3.63, 3.8) is 0 Å². The fraction of sp³-hybridized carbons (Fsp3) is 0.333. The Labute approximate surface area is 109 Å². The van der Waals surface area contributed by atoms with Gasteiger partial charge in [-0.25, -0.2) is 4.98 Å². The van der Waals surface area contributed by atoms with Crippen molar-refractivity contribution in [2.45, 2.75) is 20.3 Å². The zero-order valence-electron chi connectivity index (χ0n) is 9.82. The number of rotatable bonds is 4. The van der Waals surface area contributed by atoms with Crippen molar-refractivity contribution in [3.05, 3.63) is 28.1 Å². The molecule has 2 aromatic heterocycles. The van der Waals surface area contributed by atoms with Crippen molar-refractivity contribution < 1.29 is 4.79 Å². The maximum absolute atomic E-state index is 11.9. The summed E-state index contributed by atoms with van der Waals surface area (Å²) in [5, 5.41) is 5.83. The number of nitrogens with zero attached hydrogens (tertiary/aromatic N) is 1. The molecule has 0 saturated carbocycles. The van der Waals surface area contributed by atoms with Gasteiger partial charge in [0.2, 0.25) is 0 Å². The molecule has 0 aliphatic carbocycles. The molecule has 0 atom stereocenters. The van der Waals surface area contributed by atoms with E-state index in [1.807, 2.05) is 31.4 Å². The summed E-state index contributed by atoms with van der Waals surface area (Å²) in [5.41, 5.74) is 0.812. The summed E-state index contributed by atoms with van der Waals surface area (Å²) in [7, 11) is 0. The molecule has 0 bridgehead atoms. The summed E-state index contributed by atoms with van der Waals surface area (Å²) >= 11 is 3.11. The summed E-state index contributed by atoms with van der Waals surface area (Å²) in [6.07, 6.45) is 0.946. The molecule has 0 saturated heterocycles. The topological polar surface area (TPSA) is 42.0 Å². The molecule has 2 aromatic rings. The van der Waals surface area contributed by atoms with E-state index in [9.17, 15) is 4.79 Å². The lowest BCUT2D eigenvalue weighted by atomic mass is 10.3. The molecule has 0 aromatic carbocycles. The second-order valence-electron chi connectivity index (χ2n) is 3.67. The highest BCUT2D eigenvalue weighted by molar-refractivity contribution is 7.22. The zero-order valence-corrected chi connectivity index (χ0v) is 11.5. The fourth-order valence-corrected chi connectivity index (χ4v) is 3.21. The Balaban J connectivity index is 2.22. The Morgan fingerprint density at radius 3 is 3.00 bits per heavy atom. The third kappa shape index (κ3) is 2.73. The number of carbonyl (C=O) groups excluding carboxylic acids is 1. The van der Waals surface area contributed by atoms with E-state index >= 15 is 0 Å². The minimum absolute atomic E-state index is 0.00958. The molecule has 0 fully saturated rings. The molecule has 0 aliphatic heterocycles. The van der Waals surface area contributed by atoms with Gasteiger partial charge in [0.15, 0.2) is 0 Å². The summed E-state index contributed by atoms with van der Waals surface area (Å²) < 4.78 is 0. The number of amides is 1. The van der Waals surface area contributed by atoms with Crippen LogP contribution in [0.3, 0.4) is 0 Å². The minimum Gasteiger partial charge on any atom is -0.351 e. The zero-order chi connectivity index (χ0) is 12.3. The van der Waals surface area contributed by atoms with Gasteiger partial charge >= 0.3 is 0 Å². The van der Waals surface area contributed by atoms with E-state index in [0.29, 0.717) is 6.54 Å². The van der Waals surface area contributed by atoms with Gasteiger partial charge in [-0.2, -0.15) is 0 Å². The van der Waals surface area contributed by atoms with Gasteiger partial charge in [0.25, 0.3) is 5.91 Å². The molecule has 0 spiro atoms. The average molecular weight is 266 g/mol. The summed E-state index contributed by atoms with van der Waals surface area (Å²) in [6.45, 7) is 4.63. The van der Waals surface area contributed by atoms with E-state index in [1.54, 1.807) is 11.3 Å². The van der Waals surface area contributed by atoms with Crippen LogP contribution in [0.1, 0.15) is 28.7 Å². The van der Waals surface area contributed by atoms with Crippen molar-refractivity contribution in [1.29, 1.82) is 0 Å². The first-order chi connectivity index (χ1) is 8.22. The average Bonchev–Trinajstić information content (AvgIpc) is 2.94. The van der Waals surface area contributed by atoms with Gasteiger partial charge < -0.3 is 5.32 Å². The first-order valence-electron chi connectivity index (χ1n) is 5.52. The number of hydrogen-bond donors (Lipinski definition) is 1. The van der Waals surface area contributed by atoms with Crippen LogP contribution in [0.2, 0.25) is 0 Å². The van der Waals surface area contributed by atoms with Crippen LogP contribution >= 0.6 is 22.7 Å². The van der Waals surface area contributed by atoms with Crippen molar-refractivity contribution >= 4 is 28.6 Å². The number of carbonyl (C=O) groups is 1. The van der Waals surface area contributed by atoms with E-state index < -0.39 is 0 Å². The highest BCUT2D eigenvalue weighted by Gasteiger charge is 2.15. The van der Waals surface area contributed by atoms with E-state index in [-0.39, 0.29) is 5.91 Å². The lowest BCUT2D eigenvalue weighted by Crippen LogP contribution is -2.23. The van der Waals surface area contributed by atoms with E-state index in [4.69, 9.17) is 0 Å². The Hall–Kier alpha value is -1.20. The lowest BCUT2D eigenvalue weighted by molar-refractivity contribution is 0.0957. The van der Waals surface area contributed by atoms with Crippen molar-refractivity contribution in [2.75, 3.05) is 6.54 Å². The normalized spacial score (nSPS) is 10.5. The van der Waals surface area contributed by atoms with Crippen LogP contribution in [0.25, 0.3) is 9.88 Å². The van der Waals surface area contributed by atoms with Gasteiger partial charge in [0.1, 0.15) is 9.88 Å². The van der Waals surface area contributed by atoms with Gasteiger partial charge in [-0.05, 0) is 24.8 Å². The molecule has 1 amide bonds. The van der Waals surface area contributed by atoms with Crippen LogP contribution < -0.4 is 5.32 Å². The molecule has 5 heteroatoms. The van der Waals surface area contributed by atoms with Gasteiger partial charge in [-0.15, -0.1) is 22.7 Å². The van der Waals surface area contributed by atoms with Crippen LogP contribution in [0, 0.1) is 6.92 Å². The molecule has 0 aliphatic rings. The first-order valence-corrected chi connectivity index (χ1v) is 7.21. The summed E-state index contributed by atoms with van der Waals surface area (Å²) in [5.74, 6) is -0.00958. The molecular formula is C12H14N2OS2. The van der Waals surface area contributed by atoms with Gasteiger partial charge in [-0.3, -0.25) is 4.79 Å². The SMILES string of the molecule is CCCNC(=O)c1sc(-c2cccs2)nc1C. The molecule has 3 nitrogen and oxygen atoms in total. The fourth-order valence-electron chi connectivity index (χ4n) is 1.43. The van der Waals surface area contributed by atoms with Crippen molar-refractivity contribution in [3.8, 4) is 9.88 Å². The smallest absolute Gasteiger partial charge is 0.263 e. The number of nitrogens with one attached hydrogen (secondary N) is 1. The third-order valence-corrected chi connectivity index (χ3v) is 4.47. The van der Waals surface area contributed by atoms with Crippen molar-refractivity contribution in [2.24, 2.45) is 0 Å². The second-order valence-corrected chi connectivity index (χ2v) is 5.61. The van der Waals surface area contributed by atoms with Crippen LogP contribution in [0.5, 0.6) is 0 Å². The first kappa shape index (κ1) is 12.3. The van der Waals surface area contributed by atoms with Gasteiger partial charge in [0, 0.05) is 6.54 Å². The highest BCUT2D eigenvalue weighted by Crippen LogP contribution is 2.30. The molecule has 1 N–H and O–H groups in total. The Morgan fingerprint density at radius 2 is 2.35 bits per heavy atom. The maximum atomic E-state index is 11.9. The standard InChI is InChI=1S/C12H14N2OS2/c1-3-6-13-11(15)10-8(2)14-12(17-10)9-5-4-7-16-9/h4-5,7H,3,6H2,1-2H3,(H,13,15). The third-order valence-electron chi connectivity index (χ3n) is 2.27. The van der Waals surface area contributed by atoms with Crippen LogP contribution in [-0.4, -0.2) is 17.4 Å². The van der Waals surface area contributed by atoms with Gasteiger partial charge in [-0.1, -0.05) is 13.0 Å². The largest absolute Gasteiger partial charge is 0.351 e. The van der Waals surface area contributed by atoms with E-state index in [1.165, 1.54) is 11.3 Å². The number of thiophene rings is 1. The number of aryl methyl sites for hydroxylation is 1. The molecule has 90 valence electrons. The minimum atomic E-state index is -0.00958. The number of aromatic nitrogens is 1. The molecule has 2 rings (SSSR count). The maximum Gasteiger partial charge on any atom is 0.263 e. The molecule has 2 heterocycles. The van der Waals surface area contributed by atoms with E-state index in [0.717, 1.165) is 26.9 Å². The Bertz CT molecular complexity index is 503. The summed E-state index contributed by atoms with van der Waals surface area (Å²) in [6, 6.07) is 4.02. The molecule has 0 unspecified atom stereocenters. The van der Waals surface area contributed by atoms with Gasteiger partial charge in [0.05, 0.1) is 10.6 Å². The highest BCUT2D eigenvalue weighted by atomic mass is 32.1. The second kappa shape index (κ2) is 5.42. The Kier molecular flexibility index (Phi) is 3.91. The quantitative estimate of drug-likeness (QED) is 0.922. The molecular weight excluding hydrogens is 252 g/mol. The monoisotopic (exact) mass is 266 g/mol. The number of hydrogen-bond acceptors (Lipinski definition) is 4. The number of thiazole rings is 1. The van der Waals surface area contributed by atoms with Crippen LogP contribution in [0.15, 0.2) is 17.5 Å². The predicted molar refractivity (Wildman–Crippen MR) is 72.8 cm³/mol. The molecule has 0 radical (unpaired) electrons. The van der Waals surface area contributed by atoms with Crippen molar-refractivity contribution in [1.82, 2.24) is 10.3 Å². The lowest BCUT2D eigenvalue weighted by Gasteiger charge is -2.00. The Morgan fingerprint density at radius 1 is 1.53 bits per heavy atom. The predicted octanol–water partition coefficient (Wildman–Crippen LogP) is 3.32.